The van der Waals surface area contributed by atoms with Crippen LogP contribution >= 0.6 is 0 Å². The lowest BCUT2D eigenvalue weighted by Gasteiger charge is -2.17. The zero-order valence-corrected chi connectivity index (χ0v) is 14.4. The molecule has 5 heteroatoms. The lowest BCUT2D eigenvalue weighted by atomic mass is 10.1. The van der Waals surface area contributed by atoms with Gasteiger partial charge in [0.25, 0.3) is 0 Å². The molecule has 2 aromatic carbocycles. The van der Waals surface area contributed by atoms with Crippen LogP contribution in [0.1, 0.15) is 35.2 Å². The van der Waals surface area contributed by atoms with Gasteiger partial charge < -0.3 is 15.7 Å². The Hall–Kier alpha value is -2.66. The molecular weight excluding hydrogens is 316 g/mol. The lowest BCUT2D eigenvalue weighted by molar-refractivity contribution is -0.137. The van der Waals surface area contributed by atoms with Crippen LogP contribution in [0.2, 0.25) is 0 Å². The van der Waals surface area contributed by atoms with Crippen LogP contribution in [0.5, 0.6) is 0 Å². The number of benzene rings is 2. The Labute approximate surface area is 147 Å². The predicted molar refractivity (Wildman–Crippen MR) is 96.2 cm³/mol. The third-order valence-corrected chi connectivity index (χ3v) is 4.68. The molecule has 2 unspecified atom stereocenters. The molecule has 2 aromatic rings. The van der Waals surface area contributed by atoms with Gasteiger partial charge in [-0.25, -0.2) is 0 Å². The molecule has 0 fully saturated rings. The topological polar surface area (TPSA) is 78.4 Å². The summed E-state index contributed by atoms with van der Waals surface area (Å²) in [5.41, 5.74) is 4.72. The first-order valence-electron chi connectivity index (χ1n) is 8.46. The van der Waals surface area contributed by atoms with Gasteiger partial charge in [-0.15, -0.1) is 0 Å². The second-order valence-electron chi connectivity index (χ2n) is 6.37. The van der Waals surface area contributed by atoms with Crippen molar-refractivity contribution in [2.45, 2.75) is 38.8 Å². The first-order chi connectivity index (χ1) is 12.0. The molecule has 0 saturated carbocycles. The van der Waals surface area contributed by atoms with Gasteiger partial charge >= 0.3 is 11.8 Å². The average Bonchev–Trinajstić information content (AvgIpc) is 2.92. The number of fused-ring (bicyclic) bond motifs is 1. The molecule has 0 heterocycles. The largest absolute Gasteiger partial charge is 0.390 e. The van der Waals surface area contributed by atoms with Gasteiger partial charge in [0.05, 0.1) is 12.1 Å². The SMILES string of the molecule is CCc1cc(NC(=O)C(=O)NC2c3ccccc3CC2O)ccc1C. The molecule has 0 radical (unpaired) electrons. The Bertz CT molecular complexity index is 816. The number of nitrogens with one attached hydrogen (secondary N) is 2. The second kappa shape index (κ2) is 7.07. The van der Waals surface area contributed by atoms with E-state index >= 15 is 0 Å². The molecule has 1 aliphatic rings. The third kappa shape index (κ3) is 3.56. The standard InChI is InChI=1S/C20H22N2O3/c1-3-13-10-15(9-8-12(13)2)21-19(24)20(25)22-18-16-7-5-4-6-14(16)11-17(18)23/h4-10,17-18,23H,3,11H2,1-2H3,(H,21,24)(H,22,25). The summed E-state index contributed by atoms with van der Waals surface area (Å²) in [6, 6.07) is 12.5. The number of aliphatic hydroxyl groups excluding tert-OH is 1. The third-order valence-electron chi connectivity index (χ3n) is 4.68. The van der Waals surface area contributed by atoms with Gasteiger partial charge in [0.2, 0.25) is 0 Å². The van der Waals surface area contributed by atoms with Crippen molar-refractivity contribution in [2.24, 2.45) is 0 Å². The fourth-order valence-electron chi connectivity index (χ4n) is 3.27. The highest BCUT2D eigenvalue weighted by molar-refractivity contribution is 6.39. The number of carbonyl (C=O) groups excluding carboxylic acids is 2. The normalized spacial score (nSPS) is 18.5. The van der Waals surface area contributed by atoms with Gasteiger partial charge in [-0.1, -0.05) is 37.3 Å². The van der Waals surface area contributed by atoms with Gasteiger partial charge in [-0.2, -0.15) is 0 Å². The number of aliphatic hydroxyl groups is 1. The molecule has 0 bridgehead atoms. The first kappa shape index (κ1) is 17.2. The maximum atomic E-state index is 12.2. The summed E-state index contributed by atoms with van der Waals surface area (Å²) in [6.45, 7) is 4.05. The van der Waals surface area contributed by atoms with E-state index in [4.69, 9.17) is 0 Å². The Morgan fingerprint density at radius 1 is 1.16 bits per heavy atom. The maximum absolute atomic E-state index is 12.2. The molecule has 130 valence electrons. The first-order valence-corrected chi connectivity index (χ1v) is 8.46. The van der Waals surface area contributed by atoms with E-state index in [2.05, 4.69) is 10.6 Å². The van der Waals surface area contributed by atoms with Crippen LogP contribution in [-0.4, -0.2) is 23.0 Å². The number of rotatable bonds is 3. The monoisotopic (exact) mass is 338 g/mol. The minimum Gasteiger partial charge on any atom is -0.390 e. The predicted octanol–water partition coefficient (Wildman–Crippen LogP) is 2.27. The van der Waals surface area contributed by atoms with Crippen molar-refractivity contribution in [3.05, 3.63) is 64.7 Å². The van der Waals surface area contributed by atoms with Crippen molar-refractivity contribution in [1.82, 2.24) is 5.32 Å². The minimum atomic E-state index is -0.751. The van der Waals surface area contributed by atoms with Crippen molar-refractivity contribution >= 4 is 17.5 Å². The molecule has 3 N–H and O–H groups in total. The van der Waals surface area contributed by atoms with Gasteiger partial charge in [0, 0.05) is 12.1 Å². The van der Waals surface area contributed by atoms with Gasteiger partial charge in [0.15, 0.2) is 0 Å². The summed E-state index contributed by atoms with van der Waals surface area (Å²) >= 11 is 0. The highest BCUT2D eigenvalue weighted by Crippen LogP contribution is 2.31. The second-order valence-corrected chi connectivity index (χ2v) is 6.37. The summed E-state index contributed by atoms with van der Waals surface area (Å²) in [4.78, 5) is 24.4. The smallest absolute Gasteiger partial charge is 0.313 e. The molecule has 0 saturated heterocycles. The van der Waals surface area contributed by atoms with Crippen LogP contribution in [0.15, 0.2) is 42.5 Å². The van der Waals surface area contributed by atoms with Crippen molar-refractivity contribution in [3.63, 3.8) is 0 Å². The molecule has 0 aliphatic heterocycles. The quantitative estimate of drug-likeness (QED) is 0.751. The van der Waals surface area contributed by atoms with Crippen LogP contribution in [0, 0.1) is 6.92 Å². The van der Waals surface area contributed by atoms with Crippen molar-refractivity contribution < 1.29 is 14.7 Å². The molecule has 2 amide bonds. The van der Waals surface area contributed by atoms with E-state index in [1.165, 1.54) is 0 Å². The molecule has 25 heavy (non-hydrogen) atoms. The van der Waals surface area contributed by atoms with Crippen molar-refractivity contribution in [3.8, 4) is 0 Å². The van der Waals surface area contributed by atoms with Gasteiger partial charge in [0.1, 0.15) is 0 Å². The number of carbonyl (C=O) groups is 2. The summed E-state index contributed by atoms with van der Waals surface area (Å²) < 4.78 is 0. The number of hydrogen-bond donors (Lipinski definition) is 3. The Balaban J connectivity index is 1.68. The summed E-state index contributed by atoms with van der Waals surface area (Å²) in [5, 5.41) is 15.5. The van der Waals surface area contributed by atoms with E-state index in [9.17, 15) is 14.7 Å². The summed E-state index contributed by atoms with van der Waals surface area (Å²) in [6.07, 6.45) is 0.605. The summed E-state index contributed by atoms with van der Waals surface area (Å²) in [5.74, 6) is -1.48. The number of hydrogen-bond acceptors (Lipinski definition) is 3. The molecule has 0 spiro atoms. The highest BCUT2D eigenvalue weighted by atomic mass is 16.3. The van der Waals surface area contributed by atoms with E-state index in [-0.39, 0.29) is 0 Å². The molecule has 1 aliphatic carbocycles. The van der Waals surface area contributed by atoms with Crippen molar-refractivity contribution in [1.29, 1.82) is 0 Å². The minimum absolute atomic E-state index is 0.473. The molecular formula is C20H22N2O3. The summed E-state index contributed by atoms with van der Waals surface area (Å²) in [7, 11) is 0. The van der Waals surface area contributed by atoms with E-state index in [0.29, 0.717) is 12.1 Å². The molecule has 2 atom stereocenters. The maximum Gasteiger partial charge on any atom is 0.313 e. The highest BCUT2D eigenvalue weighted by Gasteiger charge is 2.33. The number of anilines is 1. The van der Waals surface area contributed by atoms with E-state index in [1.807, 2.05) is 50.2 Å². The van der Waals surface area contributed by atoms with Crippen LogP contribution in [0.25, 0.3) is 0 Å². The lowest BCUT2D eigenvalue weighted by Crippen LogP contribution is -2.40. The zero-order chi connectivity index (χ0) is 18.0. The van der Waals surface area contributed by atoms with Gasteiger partial charge in [-0.3, -0.25) is 9.59 Å². The Morgan fingerprint density at radius 2 is 1.92 bits per heavy atom. The van der Waals surface area contributed by atoms with Crippen molar-refractivity contribution in [2.75, 3.05) is 5.32 Å². The van der Waals surface area contributed by atoms with E-state index < -0.39 is 24.0 Å². The fourth-order valence-corrected chi connectivity index (χ4v) is 3.27. The molecule has 3 rings (SSSR count). The molecule has 0 aromatic heterocycles. The Morgan fingerprint density at radius 3 is 2.68 bits per heavy atom. The van der Waals surface area contributed by atoms with E-state index in [1.54, 1.807) is 6.07 Å². The fraction of sp³-hybridized carbons (Fsp3) is 0.300. The van der Waals surface area contributed by atoms with E-state index in [0.717, 1.165) is 28.7 Å². The molecule has 5 nitrogen and oxygen atoms in total. The van der Waals surface area contributed by atoms with Crippen LogP contribution < -0.4 is 10.6 Å². The van der Waals surface area contributed by atoms with Crippen LogP contribution in [0.4, 0.5) is 5.69 Å². The number of amides is 2. The van der Waals surface area contributed by atoms with Crippen LogP contribution in [-0.2, 0) is 22.4 Å². The number of aryl methyl sites for hydroxylation is 2. The van der Waals surface area contributed by atoms with Gasteiger partial charge in [-0.05, 0) is 47.7 Å². The van der Waals surface area contributed by atoms with Crippen LogP contribution in [0.3, 0.4) is 0 Å². The Kier molecular flexibility index (Phi) is 4.86. The average molecular weight is 338 g/mol. The zero-order valence-electron chi connectivity index (χ0n) is 14.4.